The Morgan fingerprint density at radius 1 is 1.39 bits per heavy atom. The fourth-order valence-corrected chi connectivity index (χ4v) is 2.98. The third-order valence-electron chi connectivity index (χ3n) is 4.49. The van der Waals surface area contributed by atoms with Crippen LogP contribution in [-0.2, 0) is 9.59 Å². The molecule has 0 aliphatic heterocycles. The van der Waals surface area contributed by atoms with Crippen LogP contribution in [0, 0.1) is 10.8 Å². The molecule has 0 spiro atoms. The number of carbonyl (C=O) groups excluding carboxylic acids is 2. The van der Waals surface area contributed by atoms with Gasteiger partial charge in [0.1, 0.15) is 12.1 Å². The molecule has 1 atom stereocenters. The van der Waals surface area contributed by atoms with E-state index in [0.717, 1.165) is 24.7 Å². The van der Waals surface area contributed by atoms with Gasteiger partial charge in [0.05, 0.1) is 11.5 Å². The molecule has 0 aromatic heterocycles. The van der Waals surface area contributed by atoms with Gasteiger partial charge >= 0.3 is 0 Å². The zero-order valence-corrected chi connectivity index (χ0v) is 11.4. The number of hydrogen-bond donors (Lipinski definition) is 1. The van der Waals surface area contributed by atoms with Crippen LogP contribution in [0.4, 0.5) is 0 Å². The van der Waals surface area contributed by atoms with E-state index in [2.05, 4.69) is 0 Å². The molecule has 0 aromatic carbocycles. The minimum Gasteiger partial charge on any atom is -0.388 e. The summed E-state index contributed by atoms with van der Waals surface area (Å²) in [4.78, 5) is 22.9. The van der Waals surface area contributed by atoms with Crippen LogP contribution >= 0.6 is 0 Å². The lowest BCUT2D eigenvalue weighted by Crippen LogP contribution is -2.27. The SMILES string of the molecule is CC(=O)C1(/C(C)=C2\C(C=O)=CC(C)(C)C2O)CC1. The molecule has 3 nitrogen and oxygen atoms in total. The molecule has 2 rings (SSSR count). The normalized spacial score (nSPS) is 30.7. The van der Waals surface area contributed by atoms with Gasteiger partial charge in [0.15, 0.2) is 0 Å². The van der Waals surface area contributed by atoms with Crippen LogP contribution in [0.2, 0.25) is 0 Å². The van der Waals surface area contributed by atoms with Crippen molar-refractivity contribution in [3.05, 3.63) is 22.8 Å². The summed E-state index contributed by atoms with van der Waals surface area (Å²) in [6.45, 7) is 7.27. The number of hydrogen-bond acceptors (Lipinski definition) is 3. The first-order valence-corrected chi connectivity index (χ1v) is 6.35. The Labute approximate surface area is 108 Å². The second kappa shape index (κ2) is 3.89. The Balaban J connectivity index is 2.53. The van der Waals surface area contributed by atoms with Gasteiger partial charge in [-0.25, -0.2) is 0 Å². The summed E-state index contributed by atoms with van der Waals surface area (Å²) in [7, 11) is 0. The molecule has 18 heavy (non-hydrogen) atoms. The highest BCUT2D eigenvalue weighted by molar-refractivity contribution is 5.91. The third kappa shape index (κ3) is 1.69. The molecule has 0 amide bonds. The molecule has 0 heterocycles. The molecule has 0 aromatic rings. The number of aliphatic hydroxyl groups is 1. The van der Waals surface area contributed by atoms with Gasteiger partial charge in [0.25, 0.3) is 0 Å². The van der Waals surface area contributed by atoms with E-state index in [-0.39, 0.29) is 5.78 Å². The fraction of sp³-hybridized carbons (Fsp3) is 0.600. The molecule has 3 heteroatoms. The second-order valence-electron chi connectivity index (χ2n) is 6.12. The minimum absolute atomic E-state index is 0.134. The molecule has 98 valence electrons. The summed E-state index contributed by atoms with van der Waals surface area (Å²) in [5.74, 6) is 0.134. The second-order valence-corrected chi connectivity index (χ2v) is 6.12. The molecule has 0 radical (unpaired) electrons. The van der Waals surface area contributed by atoms with Crippen LogP contribution in [0.5, 0.6) is 0 Å². The first kappa shape index (κ1) is 13.2. The van der Waals surface area contributed by atoms with Crippen LogP contribution in [0.1, 0.15) is 40.5 Å². The highest BCUT2D eigenvalue weighted by Crippen LogP contribution is 2.56. The van der Waals surface area contributed by atoms with E-state index in [1.165, 1.54) is 0 Å². The van der Waals surface area contributed by atoms with Crippen molar-refractivity contribution in [3.63, 3.8) is 0 Å². The average molecular weight is 248 g/mol. The first-order chi connectivity index (χ1) is 8.26. The molecule has 2 aliphatic rings. The van der Waals surface area contributed by atoms with Crippen LogP contribution in [-0.4, -0.2) is 23.3 Å². The first-order valence-electron chi connectivity index (χ1n) is 6.35. The van der Waals surface area contributed by atoms with Crippen molar-refractivity contribution in [2.45, 2.75) is 46.6 Å². The van der Waals surface area contributed by atoms with Gasteiger partial charge in [-0.1, -0.05) is 25.5 Å². The number of Topliss-reactive ketones (excluding diaryl/α,β-unsaturated/α-hetero) is 1. The van der Waals surface area contributed by atoms with Crippen molar-refractivity contribution < 1.29 is 14.7 Å². The Morgan fingerprint density at radius 3 is 2.33 bits per heavy atom. The summed E-state index contributed by atoms with van der Waals surface area (Å²) in [6.07, 6.45) is 3.55. The highest BCUT2D eigenvalue weighted by Gasteiger charge is 2.52. The Hall–Kier alpha value is -1.22. The lowest BCUT2D eigenvalue weighted by atomic mass is 9.82. The van der Waals surface area contributed by atoms with E-state index in [1.54, 1.807) is 13.0 Å². The predicted octanol–water partition coefficient (Wildman–Crippen LogP) is 2.20. The van der Waals surface area contributed by atoms with Gasteiger partial charge in [0, 0.05) is 11.0 Å². The molecule has 2 aliphatic carbocycles. The van der Waals surface area contributed by atoms with Crippen LogP contribution in [0.15, 0.2) is 22.8 Å². The average Bonchev–Trinajstić information content (AvgIpc) is 3.04. The maximum Gasteiger partial charge on any atom is 0.150 e. The van der Waals surface area contributed by atoms with E-state index in [0.29, 0.717) is 11.1 Å². The maximum atomic E-state index is 11.8. The van der Waals surface area contributed by atoms with Crippen LogP contribution < -0.4 is 0 Å². The van der Waals surface area contributed by atoms with Gasteiger partial charge in [-0.15, -0.1) is 0 Å². The molecular formula is C15H20O3. The van der Waals surface area contributed by atoms with E-state index in [4.69, 9.17) is 0 Å². The standard InChI is InChI=1S/C15H20O3/c1-9(15(5-6-15)10(2)17)12-11(8-16)7-14(3,4)13(12)18/h7-8,13,18H,5-6H2,1-4H3/b12-9+. The maximum absolute atomic E-state index is 11.8. The number of aldehydes is 1. The van der Waals surface area contributed by atoms with Crippen LogP contribution in [0.25, 0.3) is 0 Å². The summed E-state index contributed by atoms with van der Waals surface area (Å²) in [5.41, 5.74) is 1.23. The summed E-state index contributed by atoms with van der Waals surface area (Å²) < 4.78 is 0. The van der Waals surface area contributed by atoms with Gasteiger partial charge in [-0.05, 0) is 32.3 Å². The van der Waals surface area contributed by atoms with Gasteiger partial charge in [0.2, 0.25) is 0 Å². The van der Waals surface area contributed by atoms with E-state index < -0.39 is 16.9 Å². The Morgan fingerprint density at radius 2 is 1.94 bits per heavy atom. The summed E-state index contributed by atoms with van der Waals surface area (Å²) in [6, 6.07) is 0. The molecule has 0 bridgehead atoms. The molecule has 0 saturated heterocycles. The zero-order chi connectivity index (χ0) is 13.7. The number of aliphatic hydroxyl groups excluding tert-OH is 1. The Kier molecular flexibility index (Phi) is 2.85. The largest absolute Gasteiger partial charge is 0.388 e. The molecule has 1 N–H and O–H groups in total. The van der Waals surface area contributed by atoms with Crippen molar-refractivity contribution in [3.8, 4) is 0 Å². The lowest BCUT2D eigenvalue weighted by molar-refractivity contribution is -0.120. The van der Waals surface area contributed by atoms with E-state index in [1.807, 2.05) is 20.8 Å². The zero-order valence-electron chi connectivity index (χ0n) is 11.4. The van der Waals surface area contributed by atoms with Crippen molar-refractivity contribution >= 4 is 12.1 Å². The minimum atomic E-state index is -0.700. The quantitative estimate of drug-likeness (QED) is 0.779. The highest BCUT2D eigenvalue weighted by atomic mass is 16.3. The molecule has 1 unspecified atom stereocenters. The number of rotatable bonds is 3. The van der Waals surface area contributed by atoms with Crippen molar-refractivity contribution in [2.24, 2.45) is 10.8 Å². The smallest absolute Gasteiger partial charge is 0.150 e. The predicted molar refractivity (Wildman–Crippen MR) is 69.0 cm³/mol. The van der Waals surface area contributed by atoms with Gasteiger partial charge in [-0.3, -0.25) is 9.59 Å². The van der Waals surface area contributed by atoms with Crippen molar-refractivity contribution in [2.75, 3.05) is 0 Å². The number of allylic oxidation sites excluding steroid dienone is 1. The molecule has 1 saturated carbocycles. The van der Waals surface area contributed by atoms with Gasteiger partial charge < -0.3 is 5.11 Å². The topological polar surface area (TPSA) is 54.4 Å². The van der Waals surface area contributed by atoms with Crippen molar-refractivity contribution in [1.29, 1.82) is 0 Å². The van der Waals surface area contributed by atoms with Crippen molar-refractivity contribution in [1.82, 2.24) is 0 Å². The fourth-order valence-electron chi connectivity index (χ4n) is 2.98. The Bertz CT molecular complexity index is 476. The number of ketones is 1. The third-order valence-corrected chi connectivity index (χ3v) is 4.49. The molecule has 1 fully saturated rings. The summed E-state index contributed by atoms with van der Waals surface area (Å²) in [5, 5.41) is 10.4. The lowest BCUT2D eigenvalue weighted by Gasteiger charge is -2.25. The van der Waals surface area contributed by atoms with Gasteiger partial charge in [-0.2, -0.15) is 0 Å². The van der Waals surface area contributed by atoms with E-state index >= 15 is 0 Å². The van der Waals surface area contributed by atoms with E-state index in [9.17, 15) is 14.7 Å². The van der Waals surface area contributed by atoms with Crippen LogP contribution in [0.3, 0.4) is 0 Å². The summed E-state index contributed by atoms with van der Waals surface area (Å²) >= 11 is 0. The number of carbonyl (C=O) groups is 2. The molecular weight excluding hydrogens is 228 g/mol. The monoisotopic (exact) mass is 248 g/mol.